The SMILES string of the molecule is O=C(NC(C(=O)N1CC[C@@H](O)C1)c1ccccc1)c1ccccc1. The van der Waals surface area contributed by atoms with Crippen molar-refractivity contribution in [3.05, 3.63) is 71.8 Å². The average Bonchev–Trinajstić information content (AvgIpc) is 3.07. The van der Waals surface area contributed by atoms with Gasteiger partial charge in [0.25, 0.3) is 5.91 Å². The Morgan fingerprint density at radius 3 is 2.25 bits per heavy atom. The Balaban J connectivity index is 1.83. The maximum atomic E-state index is 12.9. The van der Waals surface area contributed by atoms with Crippen molar-refractivity contribution in [2.45, 2.75) is 18.6 Å². The molecular weight excluding hydrogens is 304 g/mol. The molecule has 0 saturated carbocycles. The predicted molar refractivity (Wildman–Crippen MR) is 90.3 cm³/mol. The number of amides is 2. The standard InChI is InChI=1S/C19H20N2O3/c22-16-11-12-21(13-16)19(24)17(14-7-3-1-4-8-14)20-18(23)15-9-5-2-6-10-15/h1-10,16-17,22H,11-13H2,(H,20,23)/t16-,17?/m1/s1. The molecule has 2 N–H and O–H groups in total. The Morgan fingerprint density at radius 1 is 1.04 bits per heavy atom. The second-order valence-corrected chi connectivity index (χ2v) is 5.91. The molecule has 5 nitrogen and oxygen atoms in total. The van der Waals surface area contributed by atoms with E-state index in [1.807, 2.05) is 36.4 Å². The van der Waals surface area contributed by atoms with Crippen LogP contribution in [-0.2, 0) is 4.79 Å². The van der Waals surface area contributed by atoms with Crippen LogP contribution in [0.1, 0.15) is 28.4 Å². The first-order valence-corrected chi connectivity index (χ1v) is 8.03. The van der Waals surface area contributed by atoms with Crippen molar-refractivity contribution in [3.63, 3.8) is 0 Å². The fraction of sp³-hybridized carbons (Fsp3) is 0.263. The number of rotatable bonds is 4. The van der Waals surface area contributed by atoms with Crippen LogP contribution in [0.4, 0.5) is 0 Å². The molecule has 24 heavy (non-hydrogen) atoms. The van der Waals surface area contributed by atoms with Gasteiger partial charge in [-0.2, -0.15) is 0 Å². The van der Waals surface area contributed by atoms with Crippen LogP contribution in [0, 0.1) is 0 Å². The maximum Gasteiger partial charge on any atom is 0.252 e. The zero-order valence-electron chi connectivity index (χ0n) is 13.3. The summed E-state index contributed by atoms with van der Waals surface area (Å²) in [6.07, 6.45) is 0.0788. The number of aliphatic hydroxyl groups is 1. The van der Waals surface area contributed by atoms with Crippen molar-refractivity contribution >= 4 is 11.8 Å². The highest BCUT2D eigenvalue weighted by Crippen LogP contribution is 2.20. The third-order valence-corrected chi connectivity index (χ3v) is 4.17. The summed E-state index contributed by atoms with van der Waals surface area (Å²) >= 11 is 0. The summed E-state index contributed by atoms with van der Waals surface area (Å²) < 4.78 is 0. The van der Waals surface area contributed by atoms with Crippen molar-refractivity contribution in [3.8, 4) is 0 Å². The number of hydrogen-bond donors (Lipinski definition) is 2. The molecule has 0 radical (unpaired) electrons. The van der Waals surface area contributed by atoms with E-state index in [2.05, 4.69) is 5.32 Å². The van der Waals surface area contributed by atoms with E-state index in [9.17, 15) is 14.7 Å². The number of likely N-dealkylation sites (tertiary alicyclic amines) is 1. The number of hydrogen-bond acceptors (Lipinski definition) is 3. The zero-order valence-corrected chi connectivity index (χ0v) is 13.3. The van der Waals surface area contributed by atoms with Crippen LogP contribution in [-0.4, -0.2) is 41.0 Å². The Kier molecular flexibility index (Phi) is 4.91. The Bertz CT molecular complexity index is 703. The first kappa shape index (κ1) is 16.2. The van der Waals surface area contributed by atoms with Gasteiger partial charge in [-0.1, -0.05) is 48.5 Å². The highest BCUT2D eigenvalue weighted by molar-refractivity contribution is 5.97. The fourth-order valence-electron chi connectivity index (χ4n) is 2.86. The van der Waals surface area contributed by atoms with Crippen molar-refractivity contribution in [1.29, 1.82) is 0 Å². The van der Waals surface area contributed by atoms with Gasteiger partial charge in [0.1, 0.15) is 6.04 Å². The van der Waals surface area contributed by atoms with Gasteiger partial charge in [0.05, 0.1) is 6.10 Å². The summed E-state index contributed by atoms with van der Waals surface area (Å²) in [5.41, 5.74) is 1.24. The highest BCUT2D eigenvalue weighted by Gasteiger charge is 2.32. The monoisotopic (exact) mass is 324 g/mol. The molecule has 2 aromatic carbocycles. The minimum atomic E-state index is -0.760. The van der Waals surface area contributed by atoms with E-state index in [-0.39, 0.29) is 11.8 Å². The minimum Gasteiger partial charge on any atom is -0.391 e. The third kappa shape index (κ3) is 3.63. The van der Waals surface area contributed by atoms with Gasteiger partial charge in [0.2, 0.25) is 5.91 Å². The minimum absolute atomic E-state index is 0.193. The van der Waals surface area contributed by atoms with E-state index < -0.39 is 12.1 Å². The summed E-state index contributed by atoms with van der Waals surface area (Å²) in [5, 5.41) is 12.5. The van der Waals surface area contributed by atoms with Crippen LogP contribution >= 0.6 is 0 Å². The molecule has 0 bridgehead atoms. The lowest BCUT2D eigenvalue weighted by molar-refractivity contribution is -0.132. The molecular formula is C19H20N2O3. The summed E-state index contributed by atoms with van der Waals surface area (Å²) in [7, 11) is 0. The normalized spacial score (nSPS) is 18.2. The number of carbonyl (C=O) groups excluding carboxylic acids is 2. The zero-order chi connectivity index (χ0) is 16.9. The number of aliphatic hydroxyl groups excluding tert-OH is 1. The first-order valence-electron chi connectivity index (χ1n) is 8.03. The van der Waals surface area contributed by atoms with Crippen molar-refractivity contribution in [2.24, 2.45) is 0 Å². The molecule has 1 aliphatic heterocycles. The second-order valence-electron chi connectivity index (χ2n) is 5.91. The quantitative estimate of drug-likeness (QED) is 0.900. The summed E-state index contributed by atoms with van der Waals surface area (Å²) in [6, 6.07) is 17.2. The predicted octanol–water partition coefficient (Wildman–Crippen LogP) is 1.75. The molecule has 3 rings (SSSR count). The Labute approximate surface area is 140 Å². The van der Waals surface area contributed by atoms with Crippen LogP contribution in [0.25, 0.3) is 0 Å². The van der Waals surface area contributed by atoms with Gasteiger partial charge < -0.3 is 15.3 Å². The summed E-state index contributed by atoms with van der Waals surface area (Å²) in [6.45, 7) is 0.813. The van der Waals surface area contributed by atoms with Gasteiger partial charge in [-0.05, 0) is 24.1 Å². The van der Waals surface area contributed by atoms with Gasteiger partial charge >= 0.3 is 0 Å². The molecule has 1 heterocycles. The van der Waals surface area contributed by atoms with E-state index >= 15 is 0 Å². The van der Waals surface area contributed by atoms with Crippen molar-refractivity contribution in [2.75, 3.05) is 13.1 Å². The van der Waals surface area contributed by atoms with E-state index in [4.69, 9.17) is 0 Å². The number of nitrogens with zero attached hydrogens (tertiary/aromatic N) is 1. The molecule has 2 atom stereocenters. The van der Waals surface area contributed by atoms with Crippen LogP contribution < -0.4 is 5.32 Å². The number of carbonyl (C=O) groups is 2. The molecule has 2 amide bonds. The Morgan fingerprint density at radius 2 is 1.67 bits per heavy atom. The van der Waals surface area contributed by atoms with Gasteiger partial charge in [-0.15, -0.1) is 0 Å². The van der Waals surface area contributed by atoms with E-state index in [1.165, 1.54) is 0 Å². The molecule has 124 valence electrons. The molecule has 1 saturated heterocycles. The van der Waals surface area contributed by atoms with Crippen molar-refractivity contribution < 1.29 is 14.7 Å². The molecule has 5 heteroatoms. The topological polar surface area (TPSA) is 69.6 Å². The Hall–Kier alpha value is -2.66. The molecule has 0 aliphatic carbocycles. The van der Waals surface area contributed by atoms with E-state index in [0.29, 0.717) is 25.1 Å². The van der Waals surface area contributed by atoms with Crippen molar-refractivity contribution in [1.82, 2.24) is 10.2 Å². The van der Waals surface area contributed by atoms with Gasteiger partial charge in [0.15, 0.2) is 0 Å². The lowest BCUT2D eigenvalue weighted by Gasteiger charge is -2.24. The molecule has 1 aliphatic rings. The number of β-amino-alcohol motifs (C(OH)–C–C–N with tert-alkyl or cyclic N) is 1. The summed E-state index contributed by atoms with van der Waals surface area (Å²) in [5.74, 6) is -0.487. The van der Waals surface area contributed by atoms with Crippen LogP contribution in [0.5, 0.6) is 0 Å². The molecule has 1 fully saturated rings. The van der Waals surface area contributed by atoms with Gasteiger partial charge in [-0.3, -0.25) is 9.59 Å². The van der Waals surface area contributed by atoms with Crippen LogP contribution in [0.15, 0.2) is 60.7 Å². The van der Waals surface area contributed by atoms with Crippen LogP contribution in [0.2, 0.25) is 0 Å². The molecule has 0 spiro atoms. The lowest BCUT2D eigenvalue weighted by Crippen LogP contribution is -2.42. The lowest BCUT2D eigenvalue weighted by atomic mass is 10.0. The van der Waals surface area contributed by atoms with Gasteiger partial charge in [0, 0.05) is 18.7 Å². The van der Waals surface area contributed by atoms with Crippen LogP contribution in [0.3, 0.4) is 0 Å². The molecule has 0 aromatic heterocycles. The summed E-state index contributed by atoms with van der Waals surface area (Å²) in [4.78, 5) is 26.9. The number of benzene rings is 2. The number of nitrogens with one attached hydrogen (secondary N) is 1. The van der Waals surface area contributed by atoms with Gasteiger partial charge in [-0.25, -0.2) is 0 Å². The fourth-order valence-corrected chi connectivity index (χ4v) is 2.86. The van der Waals surface area contributed by atoms with E-state index in [1.54, 1.807) is 29.2 Å². The average molecular weight is 324 g/mol. The molecule has 1 unspecified atom stereocenters. The maximum absolute atomic E-state index is 12.9. The first-order chi connectivity index (χ1) is 11.6. The highest BCUT2D eigenvalue weighted by atomic mass is 16.3. The largest absolute Gasteiger partial charge is 0.391 e. The second kappa shape index (κ2) is 7.27. The third-order valence-electron chi connectivity index (χ3n) is 4.17. The van der Waals surface area contributed by atoms with E-state index in [0.717, 1.165) is 5.56 Å². The smallest absolute Gasteiger partial charge is 0.252 e. The molecule has 2 aromatic rings.